The van der Waals surface area contributed by atoms with Gasteiger partial charge in [-0.1, -0.05) is 41.6 Å². The van der Waals surface area contributed by atoms with Gasteiger partial charge in [-0.3, -0.25) is 9.79 Å². The van der Waals surface area contributed by atoms with E-state index in [0.29, 0.717) is 17.1 Å². The van der Waals surface area contributed by atoms with Crippen molar-refractivity contribution in [3.05, 3.63) is 60.7 Å². The van der Waals surface area contributed by atoms with Crippen LogP contribution in [-0.4, -0.2) is 22.5 Å². The van der Waals surface area contributed by atoms with E-state index in [0.717, 1.165) is 0 Å². The minimum atomic E-state index is -0.513. The quantitative estimate of drug-likeness (QED) is 0.513. The standard InChI is InChI=1S/C16H15N3O2/c1-12(17-13-8-4-2-5-9-13)15(19-21)16(20)18-14-10-6-3-7-11-14/h2-11,21H,1H3,(H,18,20)/b17-12?,19-15+. The lowest BCUT2D eigenvalue weighted by molar-refractivity contribution is -0.110. The zero-order chi connectivity index (χ0) is 15.1. The molecule has 2 aromatic carbocycles. The molecule has 0 aliphatic rings. The highest BCUT2D eigenvalue weighted by atomic mass is 16.4. The summed E-state index contributed by atoms with van der Waals surface area (Å²) >= 11 is 0. The molecule has 1 amide bonds. The molecular weight excluding hydrogens is 266 g/mol. The van der Waals surface area contributed by atoms with E-state index in [2.05, 4.69) is 15.5 Å². The summed E-state index contributed by atoms with van der Waals surface area (Å²) in [7, 11) is 0. The molecule has 0 unspecified atom stereocenters. The van der Waals surface area contributed by atoms with Gasteiger partial charge in [0.1, 0.15) is 0 Å². The van der Waals surface area contributed by atoms with Crippen LogP contribution in [-0.2, 0) is 4.79 Å². The van der Waals surface area contributed by atoms with Gasteiger partial charge in [-0.2, -0.15) is 0 Å². The SMILES string of the molecule is CC(=Nc1ccccc1)/C(=N\O)C(=O)Nc1ccccc1. The molecule has 0 spiro atoms. The van der Waals surface area contributed by atoms with Crippen molar-refractivity contribution in [1.29, 1.82) is 0 Å². The van der Waals surface area contributed by atoms with Gasteiger partial charge in [0.25, 0.3) is 5.91 Å². The van der Waals surface area contributed by atoms with Crippen molar-refractivity contribution in [3.63, 3.8) is 0 Å². The number of anilines is 1. The Morgan fingerprint density at radius 1 is 1.00 bits per heavy atom. The fourth-order valence-corrected chi connectivity index (χ4v) is 1.74. The van der Waals surface area contributed by atoms with Crippen molar-refractivity contribution in [2.24, 2.45) is 10.1 Å². The lowest BCUT2D eigenvalue weighted by atomic mass is 10.2. The number of carbonyl (C=O) groups is 1. The second-order valence-corrected chi connectivity index (χ2v) is 4.30. The Labute approximate surface area is 122 Å². The molecule has 0 bridgehead atoms. The number of benzene rings is 2. The summed E-state index contributed by atoms with van der Waals surface area (Å²) in [5.74, 6) is -0.513. The third-order valence-corrected chi connectivity index (χ3v) is 2.74. The largest absolute Gasteiger partial charge is 0.410 e. The molecule has 0 atom stereocenters. The van der Waals surface area contributed by atoms with E-state index in [1.807, 2.05) is 24.3 Å². The lowest BCUT2D eigenvalue weighted by Gasteiger charge is -2.06. The van der Waals surface area contributed by atoms with Gasteiger partial charge < -0.3 is 10.5 Å². The summed E-state index contributed by atoms with van der Waals surface area (Å²) in [6.45, 7) is 1.62. The van der Waals surface area contributed by atoms with E-state index in [1.54, 1.807) is 43.3 Å². The van der Waals surface area contributed by atoms with E-state index in [1.165, 1.54) is 0 Å². The number of hydrogen-bond donors (Lipinski definition) is 2. The number of nitrogens with one attached hydrogen (secondary N) is 1. The monoisotopic (exact) mass is 281 g/mol. The molecule has 0 aliphatic heterocycles. The van der Waals surface area contributed by atoms with Gasteiger partial charge in [0.05, 0.1) is 11.4 Å². The predicted molar refractivity (Wildman–Crippen MR) is 83.5 cm³/mol. The Balaban J connectivity index is 2.16. The van der Waals surface area contributed by atoms with Crippen molar-refractivity contribution in [1.82, 2.24) is 0 Å². The Bertz CT molecular complexity index is 664. The number of aliphatic imine (C=N–C) groups is 1. The van der Waals surface area contributed by atoms with Crippen LogP contribution in [0.3, 0.4) is 0 Å². The highest BCUT2D eigenvalue weighted by molar-refractivity contribution is 6.68. The molecule has 21 heavy (non-hydrogen) atoms. The normalized spacial score (nSPS) is 12.0. The van der Waals surface area contributed by atoms with Gasteiger partial charge in [-0.05, 0) is 31.2 Å². The van der Waals surface area contributed by atoms with Crippen LogP contribution >= 0.6 is 0 Å². The molecule has 5 nitrogen and oxygen atoms in total. The molecular formula is C16H15N3O2. The topological polar surface area (TPSA) is 74.0 Å². The van der Waals surface area contributed by atoms with E-state index < -0.39 is 5.91 Å². The van der Waals surface area contributed by atoms with Crippen molar-refractivity contribution in [2.75, 3.05) is 5.32 Å². The summed E-state index contributed by atoms with van der Waals surface area (Å²) in [6.07, 6.45) is 0. The third-order valence-electron chi connectivity index (χ3n) is 2.74. The first kappa shape index (κ1) is 14.5. The zero-order valence-electron chi connectivity index (χ0n) is 11.5. The van der Waals surface area contributed by atoms with Crippen LogP contribution in [0.25, 0.3) is 0 Å². The van der Waals surface area contributed by atoms with Crippen molar-refractivity contribution in [3.8, 4) is 0 Å². The number of amides is 1. The maximum absolute atomic E-state index is 12.1. The fourth-order valence-electron chi connectivity index (χ4n) is 1.74. The summed E-state index contributed by atoms with van der Waals surface area (Å²) in [4.78, 5) is 16.4. The molecule has 2 aromatic rings. The average Bonchev–Trinajstić information content (AvgIpc) is 2.50. The van der Waals surface area contributed by atoms with Crippen LogP contribution in [0.5, 0.6) is 0 Å². The van der Waals surface area contributed by atoms with Crippen LogP contribution in [0, 0.1) is 0 Å². The molecule has 0 saturated heterocycles. The van der Waals surface area contributed by atoms with E-state index in [-0.39, 0.29) is 5.71 Å². The number of carbonyl (C=O) groups excluding carboxylic acids is 1. The van der Waals surface area contributed by atoms with Crippen LogP contribution in [0.15, 0.2) is 70.8 Å². The minimum Gasteiger partial charge on any atom is -0.410 e. The highest BCUT2D eigenvalue weighted by Gasteiger charge is 2.16. The average molecular weight is 281 g/mol. The van der Waals surface area contributed by atoms with Gasteiger partial charge in [-0.25, -0.2) is 0 Å². The molecule has 2 rings (SSSR count). The smallest absolute Gasteiger partial charge is 0.279 e. The highest BCUT2D eigenvalue weighted by Crippen LogP contribution is 2.11. The molecule has 0 saturated carbocycles. The maximum Gasteiger partial charge on any atom is 0.279 e. The first-order valence-electron chi connectivity index (χ1n) is 6.40. The molecule has 0 heterocycles. The van der Waals surface area contributed by atoms with Crippen molar-refractivity contribution < 1.29 is 10.0 Å². The number of oxime groups is 1. The summed E-state index contributed by atoms with van der Waals surface area (Å²) < 4.78 is 0. The zero-order valence-corrected chi connectivity index (χ0v) is 11.5. The molecule has 2 N–H and O–H groups in total. The predicted octanol–water partition coefficient (Wildman–Crippen LogP) is 3.25. The van der Waals surface area contributed by atoms with Crippen LogP contribution in [0.2, 0.25) is 0 Å². The van der Waals surface area contributed by atoms with Crippen molar-refractivity contribution >= 4 is 28.7 Å². The van der Waals surface area contributed by atoms with Crippen LogP contribution in [0.1, 0.15) is 6.92 Å². The maximum atomic E-state index is 12.1. The minimum absolute atomic E-state index is 0.122. The second-order valence-electron chi connectivity index (χ2n) is 4.30. The molecule has 0 aliphatic carbocycles. The molecule has 0 radical (unpaired) electrons. The molecule has 106 valence electrons. The summed E-state index contributed by atoms with van der Waals surface area (Å²) in [5.41, 5.74) is 1.51. The number of para-hydroxylation sites is 2. The first-order chi connectivity index (χ1) is 10.2. The van der Waals surface area contributed by atoms with E-state index >= 15 is 0 Å². The molecule has 0 fully saturated rings. The lowest BCUT2D eigenvalue weighted by Crippen LogP contribution is -2.28. The Morgan fingerprint density at radius 3 is 2.14 bits per heavy atom. The second kappa shape index (κ2) is 7.00. The summed E-state index contributed by atoms with van der Waals surface area (Å²) in [5, 5.41) is 14.8. The van der Waals surface area contributed by atoms with Gasteiger partial charge in [0.2, 0.25) is 0 Å². The number of hydrogen-bond acceptors (Lipinski definition) is 4. The van der Waals surface area contributed by atoms with E-state index in [4.69, 9.17) is 5.21 Å². The molecule has 5 heteroatoms. The number of nitrogens with zero attached hydrogens (tertiary/aromatic N) is 2. The number of rotatable bonds is 4. The van der Waals surface area contributed by atoms with Gasteiger partial charge in [-0.15, -0.1) is 0 Å². The fraction of sp³-hybridized carbons (Fsp3) is 0.0625. The van der Waals surface area contributed by atoms with Gasteiger partial charge in [0, 0.05) is 5.69 Å². The van der Waals surface area contributed by atoms with Gasteiger partial charge in [0.15, 0.2) is 5.71 Å². The van der Waals surface area contributed by atoms with Gasteiger partial charge >= 0.3 is 0 Å². The Morgan fingerprint density at radius 2 is 1.57 bits per heavy atom. The van der Waals surface area contributed by atoms with E-state index in [9.17, 15) is 4.79 Å². The van der Waals surface area contributed by atoms with Crippen LogP contribution in [0.4, 0.5) is 11.4 Å². The third kappa shape index (κ3) is 4.01. The molecule has 0 aromatic heterocycles. The van der Waals surface area contributed by atoms with Crippen molar-refractivity contribution in [2.45, 2.75) is 6.92 Å². The Hall–Kier alpha value is -2.95. The Kier molecular flexibility index (Phi) is 4.82. The summed E-state index contributed by atoms with van der Waals surface area (Å²) in [6, 6.07) is 18.1. The van der Waals surface area contributed by atoms with Crippen LogP contribution < -0.4 is 5.32 Å². The first-order valence-corrected chi connectivity index (χ1v) is 6.40.